The van der Waals surface area contributed by atoms with Crippen molar-refractivity contribution in [3.05, 3.63) is 67.0 Å². The number of fused-ring (bicyclic) bond motifs is 2. The highest BCUT2D eigenvalue weighted by Gasteiger charge is 2.17. The molecule has 0 spiro atoms. The molecule has 8 heteroatoms. The van der Waals surface area contributed by atoms with Crippen LogP contribution in [0.25, 0.3) is 56.1 Å². The molecular formula is C22H15N7O. The van der Waals surface area contributed by atoms with Crippen molar-refractivity contribution < 1.29 is 4.42 Å². The molecule has 0 radical (unpaired) electrons. The number of imidazole rings is 1. The van der Waals surface area contributed by atoms with Crippen LogP contribution in [0.15, 0.2) is 65.9 Å². The van der Waals surface area contributed by atoms with Crippen molar-refractivity contribution >= 4 is 22.2 Å². The second-order valence-electron chi connectivity index (χ2n) is 7.01. The molecule has 6 aromatic heterocycles. The molecule has 0 unspecified atom stereocenters. The number of hydrogen-bond acceptors (Lipinski definition) is 6. The van der Waals surface area contributed by atoms with Gasteiger partial charge in [-0.3, -0.25) is 10.1 Å². The van der Waals surface area contributed by atoms with E-state index in [0.29, 0.717) is 17.2 Å². The molecule has 0 aliphatic heterocycles. The Kier molecular flexibility index (Phi) is 3.51. The number of aryl methyl sites for hydroxylation is 1. The van der Waals surface area contributed by atoms with Crippen LogP contribution in [-0.2, 0) is 0 Å². The van der Waals surface area contributed by atoms with Crippen molar-refractivity contribution in [2.45, 2.75) is 6.92 Å². The number of H-pyrrole nitrogens is 2. The fourth-order valence-electron chi connectivity index (χ4n) is 3.63. The predicted octanol–water partition coefficient (Wildman–Crippen LogP) is 4.53. The summed E-state index contributed by atoms with van der Waals surface area (Å²) < 4.78 is 5.23. The lowest BCUT2D eigenvalue weighted by molar-refractivity contribution is 0.568. The Bertz CT molecular complexity index is 1510. The fourth-order valence-corrected chi connectivity index (χ4v) is 3.63. The van der Waals surface area contributed by atoms with Crippen LogP contribution in [0.4, 0.5) is 0 Å². The third-order valence-electron chi connectivity index (χ3n) is 5.17. The molecule has 0 atom stereocenters. The average molecular weight is 393 g/mol. The highest BCUT2D eigenvalue weighted by molar-refractivity contribution is 5.94. The molecule has 6 heterocycles. The van der Waals surface area contributed by atoms with Crippen LogP contribution in [0, 0.1) is 6.92 Å². The van der Waals surface area contributed by atoms with Crippen LogP contribution in [0.2, 0.25) is 0 Å². The van der Waals surface area contributed by atoms with Crippen molar-refractivity contribution in [3.63, 3.8) is 0 Å². The molecule has 144 valence electrons. The Balaban J connectivity index is 1.53. The lowest BCUT2D eigenvalue weighted by Crippen LogP contribution is -1.90. The summed E-state index contributed by atoms with van der Waals surface area (Å²) in [6, 6.07) is 9.74. The van der Waals surface area contributed by atoms with Crippen molar-refractivity contribution in [3.8, 4) is 33.9 Å². The fraction of sp³-hybridized carbons (Fsp3) is 0.0455. The number of rotatable bonds is 3. The molecule has 0 aromatic carbocycles. The summed E-state index contributed by atoms with van der Waals surface area (Å²) in [5.74, 6) is 0.604. The maximum atomic E-state index is 5.23. The zero-order valence-electron chi connectivity index (χ0n) is 15.9. The summed E-state index contributed by atoms with van der Waals surface area (Å²) in [5, 5.41) is 7.51. The van der Waals surface area contributed by atoms with Gasteiger partial charge in [-0.15, -0.1) is 0 Å². The van der Waals surface area contributed by atoms with Crippen molar-refractivity contribution in [1.29, 1.82) is 0 Å². The summed E-state index contributed by atoms with van der Waals surface area (Å²) in [5.41, 5.74) is 8.50. The lowest BCUT2D eigenvalue weighted by Gasteiger charge is -2.04. The Labute approximate surface area is 170 Å². The normalized spacial score (nSPS) is 11.5. The average Bonchev–Trinajstić information content (AvgIpc) is 3.51. The van der Waals surface area contributed by atoms with Crippen LogP contribution >= 0.6 is 0 Å². The largest absolute Gasteiger partial charge is 0.472 e. The number of nitrogens with zero attached hydrogens (tertiary/aromatic N) is 5. The smallest absolute Gasteiger partial charge is 0.178 e. The Hall–Kier alpha value is -4.33. The first kappa shape index (κ1) is 16.6. The van der Waals surface area contributed by atoms with Crippen molar-refractivity contribution in [2.24, 2.45) is 0 Å². The van der Waals surface area contributed by atoms with Crippen LogP contribution in [0.3, 0.4) is 0 Å². The van der Waals surface area contributed by atoms with E-state index in [0.717, 1.165) is 44.5 Å². The Morgan fingerprint density at radius 1 is 0.967 bits per heavy atom. The van der Waals surface area contributed by atoms with E-state index in [1.54, 1.807) is 24.9 Å². The van der Waals surface area contributed by atoms with E-state index in [9.17, 15) is 0 Å². The van der Waals surface area contributed by atoms with Gasteiger partial charge in [-0.25, -0.2) is 15.0 Å². The molecule has 0 bridgehead atoms. The number of aromatic nitrogens is 7. The predicted molar refractivity (Wildman–Crippen MR) is 112 cm³/mol. The molecule has 0 amide bonds. The third kappa shape index (κ3) is 2.51. The van der Waals surface area contributed by atoms with Crippen LogP contribution in [0.5, 0.6) is 0 Å². The molecule has 6 rings (SSSR count). The first-order chi connectivity index (χ1) is 14.8. The van der Waals surface area contributed by atoms with Gasteiger partial charge >= 0.3 is 0 Å². The van der Waals surface area contributed by atoms with E-state index < -0.39 is 0 Å². The zero-order valence-corrected chi connectivity index (χ0v) is 15.9. The minimum Gasteiger partial charge on any atom is -0.472 e. The van der Waals surface area contributed by atoms with Crippen LogP contribution in [0.1, 0.15) is 5.56 Å². The molecule has 2 N–H and O–H groups in total. The summed E-state index contributed by atoms with van der Waals surface area (Å²) in [4.78, 5) is 21.5. The first-order valence-corrected chi connectivity index (χ1v) is 9.42. The summed E-state index contributed by atoms with van der Waals surface area (Å²) >= 11 is 0. The number of pyridine rings is 3. The first-order valence-electron chi connectivity index (χ1n) is 9.42. The van der Waals surface area contributed by atoms with Gasteiger partial charge in [0.15, 0.2) is 17.2 Å². The van der Waals surface area contributed by atoms with Gasteiger partial charge in [-0.05, 0) is 42.8 Å². The van der Waals surface area contributed by atoms with Crippen LogP contribution in [-0.4, -0.2) is 35.1 Å². The second kappa shape index (κ2) is 6.35. The molecule has 0 aliphatic rings. The molecule has 30 heavy (non-hydrogen) atoms. The van der Waals surface area contributed by atoms with Crippen molar-refractivity contribution in [1.82, 2.24) is 35.1 Å². The second-order valence-corrected chi connectivity index (χ2v) is 7.01. The standard InChI is InChI=1S/C22H15N7O/c1-12-4-7-23-10-15(12)16-2-3-17-19(25-16)20(29-28-17)22-26-18-14(13-6-9-30-11-13)5-8-24-21(18)27-22/h2-11H,1H3,(H,28,29)(H,24,26,27). The van der Waals surface area contributed by atoms with Crippen molar-refractivity contribution in [2.75, 3.05) is 0 Å². The number of furan rings is 1. The minimum absolute atomic E-state index is 0.604. The van der Waals surface area contributed by atoms with E-state index in [-0.39, 0.29) is 0 Å². The maximum Gasteiger partial charge on any atom is 0.178 e. The van der Waals surface area contributed by atoms with Gasteiger partial charge in [0.2, 0.25) is 0 Å². The summed E-state index contributed by atoms with van der Waals surface area (Å²) in [7, 11) is 0. The minimum atomic E-state index is 0.604. The monoisotopic (exact) mass is 393 g/mol. The van der Waals surface area contributed by atoms with E-state index >= 15 is 0 Å². The molecule has 0 saturated carbocycles. The number of hydrogen-bond donors (Lipinski definition) is 2. The molecule has 0 aliphatic carbocycles. The van der Waals surface area contributed by atoms with Gasteiger partial charge < -0.3 is 9.40 Å². The molecular weight excluding hydrogens is 378 g/mol. The maximum absolute atomic E-state index is 5.23. The lowest BCUT2D eigenvalue weighted by atomic mass is 10.1. The van der Waals surface area contributed by atoms with E-state index in [1.165, 1.54) is 0 Å². The number of aromatic amines is 2. The van der Waals surface area contributed by atoms with Gasteiger partial charge in [0.1, 0.15) is 5.52 Å². The van der Waals surface area contributed by atoms with Gasteiger partial charge in [0, 0.05) is 35.3 Å². The highest BCUT2D eigenvalue weighted by Crippen LogP contribution is 2.31. The number of nitrogens with one attached hydrogen (secondary N) is 2. The van der Waals surface area contributed by atoms with E-state index in [2.05, 4.69) is 30.1 Å². The van der Waals surface area contributed by atoms with Gasteiger partial charge in [0.05, 0.1) is 29.3 Å². The van der Waals surface area contributed by atoms with Gasteiger partial charge in [-0.1, -0.05) is 0 Å². The summed E-state index contributed by atoms with van der Waals surface area (Å²) in [6.45, 7) is 2.04. The van der Waals surface area contributed by atoms with E-state index in [4.69, 9.17) is 9.40 Å². The van der Waals surface area contributed by atoms with Gasteiger partial charge in [-0.2, -0.15) is 5.10 Å². The van der Waals surface area contributed by atoms with Gasteiger partial charge in [0.25, 0.3) is 0 Å². The quantitative estimate of drug-likeness (QED) is 0.457. The van der Waals surface area contributed by atoms with E-state index in [1.807, 2.05) is 43.5 Å². The summed E-state index contributed by atoms with van der Waals surface area (Å²) in [6.07, 6.45) is 8.68. The zero-order chi connectivity index (χ0) is 20.1. The molecule has 8 nitrogen and oxygen atoms in total. The third-order valence-corrected chi connectivity index (χ3v) is 5.17. The topological polar surface area (TPSA) is 109 Å². The SMILES string of the molecule is Cc1ccncc1-c1ccc2[nH]nc(-c3nc4nccc(-c5ccoc5)c4[nH]3)c2n1. The highest BCUT2D eigenvalue weighted by atomic mass is 16.3. The molecule has 0 saturated heterocycles. The Morgan fingerprint density at radius 2 is 1.93 bits per heavy atom. The Morgan fingerprint density at radius 3 is 2.80 bits per heavy atom. The molecule has 0 fully saturated rings. The molecule has 6 aromatic rings. The van der Waals surface area contributed by atoms with Crippen LogP contribution < -0.4 is 0 Å².